The predicted octanol–water partition coefficient (Wildman–Crippen LogP) is 2.36. The van der Waals surface area contributed by atoms with Gasteiger partial charge in [0, 0.05) is 30.5 Å². The average molecular weight is 424 g/mol. The third kappa shape index (κ3) is 3.26. The summed E-state index contributed by atoms with van der Waals surface area (Å²) < 4.78 is 28.0. The average Bonchev–Trinajstić information content (AvgIpc) is 3.31. The van der Waals surface area contributed by atoms with Gasteiger partial charge in [0.25, 0.3) is 21.8 Å². The fourth-order valence-corrected chi connectivity index (χ4v) is 5.27. The van der Waals surface area contributed by atoms with Gasteiger partial charge >= 0.3 is 0 Å². The number of nitrogens with zero attached hydrogens (tertiary/aromatic N) is 3. The summed E-state index contributed by atoms with van der Waals surface area (Å²) >= 11 is 0. The molecule has 1 aliphatic heterocycles. The molecular weight excluding hydrogens is 404 g/mol. The number of fused-ring (bicyclic) bond motifs is 1. The number of rotatable bonds is 5. The van der Waals surface area contributed by atoms with Crippen LogP contribution in [0.15, 0.2) is 65.8 Å². The summed E-state index contributed by atoms with van der Waals surface area (Å²) in [5.74, 6) is -1.00. The first kappa shape index (κ1) is 19.8. The van der Waals surface area contributed by atoms with E-state index in [2.05, 4.69) is 10.4 Å². The summed E-state index contributed by atoms with van der Waals surface area (Å²) in [4.78, 5) is 25.0. The molecule has 30 heavy (non-hydrogen) atoms. The van der Waals surface area contributed by atoms with Crippen LogP contribution in [0.5, 0.6) is 0 Å². The zero-order chi connectivity index (χ0) is 21.5. The van der Waals surface area contributed by atoms with Gasteiger partial charge in [0.1, 0.15) is 4.90 Å². The first-order valence-electron chi connectivity index (χ1n) is 9.39. The molecule has 0 fully saturated rings. The first-order valence-corrected chi connectivity index (χ1v) is 10.8. The molecule has 3 aromatic rings. The van der Waals surface area contributed by atoms with Crippen molar-refractivity contribution in [2.24, 2.45) is 0 Å². The highest BCUT2D eigenvalue weighted by Crippen LogP contribution is 2.32. The van der Waals surface area contributed by atoms with Gasteiger partial charge in [-0.2, -0.15) is 5.10 Å². The van der Waals surface area contributed by atoms with Crippen molar-refractivity contribution in [2.45, 2.75) is 31.3 Å². The lowest BCUT2D eigenvalue weighted by atomic mass is 10.1. The van der Waals surface area contributed by atoms with Gasteiger partial charge in [-0.3, -0.25) is 9.59 Å². The normalized spacial score (nSPS) is 14.8. The van der Waals surface area contributed by atoms with E-state index >= 15 is 0 Å². The SMILES string of the molecule is CC(C)N1C(=O)c2ccc(C(=O)NCc3ccccc3-n3cccn3)cc2S1(=O)=O. The molecule has 0 bridgehead atoms. The number of hydrogen-bond donors (Lipinski definition) is 1. The van der Waals surface area contributed by atoms with E-state index in [4.69, 9.17) is 0 Å². The molecular formula is C21H20N4O4S. The Labute approximate surface area is 174 Å². The van der Waals surface area contributed by atoms with E-state index in [1.807, 2.05) is 36.5 Å². The van der Waals surface area contributed by atoms with Crippen molar-refractivity contribution in [3.05, 3.63) is 77.6 Å². The smallest absolute Gasteiger partial charge is 0.269 e. The molecule has 0 unspecified atom stereocenters. The molecule has 0 aliphatic carbocycles. The van der Waals surface area contributed by atoms with Crippen molar-refractivity contribution in [3.8, 4) is 5.69 Å². The number of nitrogens with one attached hydrogen (secondary N) is 1. The topological polar surface area (TPSA) is 101 Å². The van der Waals surface area contributed by atoms with Crippen LogP contribution in [0, 0.1) is 0 Å². The summed E-state index contributed by atoms with van der Waals surface area (Å²) in [6.45, 7) is 3.49. The number of benzene rings is 2. The van der Waals surface area contributed by atoms with E-state index in [0.717, 1.165) is 15.6 Å². The number of para-hydroxylation sites is 1. The summed E-state index contributed by atoms with van der Waals surface area (Å²) in [6.07, 6.45) is 3.48. The second-order valence-corrected chi connectivity index (χ2v) is 8.96. The zero-order valence-corrected chi connectivity index (χ0v) is 17.3. The lowest BCUT2D eigenvalue weighted by molar-refractivity contribution is 0.0845. The van der Waals surface area contributed by atoms with Gasteiger partial charge in [-0.05, 0) is 49.7 Å². The molecule has 154 valence electrons. The van der Waals surface area contributed by atoms with Gasteiger partial charge in [-0.1, -0.05) is 18.2 Å². The van der Waals surface area contributed by atoms with Crippen molar-refractivity contribution < 1.29 is 18.0 Å². The van der Waals surface area contributed by atoms with E-state index in [0.29, 0.717) is 0 Å². The molecule has 0 saturated carbocycles. The molecule has 8 nitrogen and oxygen atoms in total. The van der Waals surface area contributed by atoms with Crippen molar-refractivity contribution in [2.75, 3.05) is 0 Å². The van der Waals surface area contributed by atoms with Crippen LogP contribution >= 0.6 is 0 Å². The molecule has 0 atom stereocenters. The number of amides is 2. The van der Waals surface area contributed by atoms with Crippen LogP contribution in [0.2, 0.25) is 0 Å². The summed E-state index contributed by atoms with van der Waals surface area (Å²) in [5, 5.41) is 7.02. The molecule has 2 aromatic carbocycles. The van der Waals surface area contributed by atoms with E-state index in [1.54, 1.807) is 24.7 Å². The highest BCUT2D eigenvalue weighted by molar-refractivity contribution is 7.90. The molecule has 0 saturated heterocycles. The molecule has 4 rings (SSSR count). The Morgan fingerprint density at radius 2 is 1.90 bits per heavy atom. The molecule has 1 aromatic heterocycles. The Balaban J connectivity index is 1.58. The maximum absolute atomic E-state index is 12.7. The van der Waals surface area contributed by atoms with E-state index < -0.39 is 27.9 Å². The van der Waals surface area contributed by atoms with E-state index in [-0.39, 0.29) is 22.6 Å². The van der Waals surface area contributed by atoms with Crippen molar-refractivity contribution in [1.82, 2.24) is 19.4 Å². The van der Waals surface area contributed by atoms with Crippen molar-refractivity contribution >= 4 is 21.8 Å². The standard InChI is InChI=1S/C21H20N4O4S/c1-14(2)25-21(27)17-9-8-15(12-19(17)30(25,28)29)20(26)22-13-16-6-3-4-7-18(16)24-11-5-10-23-24/h3-12,14H,13H2,1-2H3,(H,22,26). The highest BCUT2D eigenvalue weighted by Gasteiger charge is 2.42. The second-order valence-electron chi connectivity index (χ2n) is 7.17. The molecule has 0 spiro atoms. The van der Waals surface area contributed by atoms with Crippen molar-refractivity contribution in [1.29, 1.82) is 0 Å². The lowest BCUT2D eigenvalue weighted by Crippen LogP contribution is -2.36. The molecule has 1 N–H and O–H groups in total. The van der Waals surface area contributed by atoms with Gasteiger partial charge < -0.3 is 5.32 Å². The first-order chi connectivity index (χ1) is 14.3. The number of sulfonamides is 1. The molecule has 1 aliphatic rings. The molecule has 9 heteroatoms. The Morgan fingerprint density at radius 1 is 1.13 bits per heavy atom. The largest absolute Gasteiger partial charge is 0.348 e. The lowest BCUT2D eigenvalue weighted by Gasteiger charge is -2.18. The Kier molecular flexibility index (Phi) is 4.90. The Hall–Kier alpha value is -3.46. The van der Waals surface area contributed by atoms with Crippen LogP contribution in [0.25, 0.3) is 5.69 Å². The number of carbonyl (C=O) groups excluding carboxylic acids is 2. The minimum Gasteiger partial charge on any atom is -0.348 e. The van der Waals surface area contributed by atoms with E-state index in [9.17, 15) is 18.0 Å². The van der Waals surface area contributed by atoms with Gasteiger partial charge in [0.15, 0.2) is 0 Å². The summed E-state index contributed by atoms with van der Waals surface area (Å²) in [7, 11) is -3.96. The van der Waals surface area contributed by atoms with Gasteiger partial charge in [-0.15, -0.1) is 0 Å². The van der Waals surface area contributed by atoms with Crippen LogP contribution < -0.4 is 5.32 Å². The molecule has 0 radical (unpaired) electrons. The monoisotopic (exact) mass is 424 g/mol. The third-order valence-corrected chi connectivity index (χ3v) is 6.86. The minimum atomic E-state index is -3.96. The van der Waals surface area contributed by atoms with Crippen LogP contribution in [0.3, 0.4) is 0 Å². The maximum atomic E-state index is 12.7. The van der Waals surface area contributed by atoms with Crippen LogP contribution in [-0.2, 0) is 16.6 Å². The summed E-state index contributed by atoms with van der Waals surface area (Å²) in [6, 6.07) is 12.9. The predicted molar refractivity (Wildman–Crippen MR) is 110 cm³/mol. The van der Waals surface area contributed by atoms with E-state index in [1.165, 1.54) is 18.2 Å². The molecule has 2 amide bonds. The molecule has 2 heterocycles. The second kappa shape index (κ2) is 7.42. The fourth-order valence-electron chi connectivity index (χ4n) is 3.47. The van der Waals surface area contributed by atoms with Crippen LogP contribution in [0.1, 0.15) is 40.1 Å². The van der Waals surface area contributed by atoms with Crippen LogP contribution in [-0.4, -0.2) is 40.4 Å². The van der Waals surface area contributed by atoms with Crippen molar-refractivity contribution in [3.63, 3.8) is 0 Å². The summed E-state index contributed by atoms with van der Waals surface area (Å²) in [5.41, 5.74) is 1.94. The Morgan fingerprint density at radius 3 is 2.60 bits per heavy atom. The maximum Gasteiger partial charge on any atom is 0.269 e. The minimum absolute atomic E-state index is 0.0873. The quantitative estimate of drug-likeness (QED) is 0.678. The van der Waals surface area contributed by atoms with Gasteiger partial charge in [0.05, 0.1) is 11.3 Å². The number of aromatic nitrogens is 2. The van der Waals surface area contributed by atoms with Gasteiger partial charge in [0.2, 0.25) is 0 Å². The van der Waals surface area contributed by atoms with Gasteiger partial charge in [-0.25, -0.2) is 17.4 Å². The number of hydrogen-bond acceptors (Lipinski definition) is 5. The number of carbonyl (C=O) groups is 2. The fraction of sp³-hybridized carbons (Fsp3) is 0.190. The third-order valence-electron chi connectivity index (χ3n) is 4.86. The highest BCUT2D eigenvalue weighted by atomic mass is 32.2. The Bertz CT molecular complexity index is 1230. The van der Waals surface area contributed by atoms with Crippen LogP contribution in [0.4, 0.5) is 0 Å². The zero-order valence-electron chi connectivity index (χ0n) is 16.4.